The van der Waals surface area contributed by atoms with Crippen LogP contribution >= 0.6 is 0 Å². The Balaban J connectivity index is 1.92. The maximum absolute atomic E-state index is 6.02. The Labute approximate surface area is 97.0 Å². The molecule has 0 aliphatic carbocycles. The lowest BCUT2D eigenvalue weighted by molar-refractivity contribution is -0.0639. The van der Waals surface area contributed by atoms with Crippen LogP contribution in [0.2, 0.25) is 0 Å². The van der Waals surface area contributed by atoms with Crippen LogP contribution in [0, 0.1) is 0 Å². The first-order valence-electron chi connectivity index (χ1n) is 5.93. The lowest BCUT2D eigenvalue weighted by atomic mass is 9.94. The van der Waals surface area contributed by atoms with Crippen LogP contribution in [0.3, 0.4) is 0 Å². The molecule has 0 aromatic heterocycles. The van der Waals surface area contributed by atoms with Crippen molar-refractivity contribution >= 4 is 0 Å². The summed E-state index contributed by atoms with van der Waals surface area (Å²) in [6.45, 7) is 3.19. The molecule has 88 valence electrons. The molecule has 0 spiro atoms. The maximum atomic E-state index is 6.02. The van der Waals surface area contributed by atoms with E-state index in [0.29, 0.717) is 13.2 Å². The summed E-state index contributed by atoms with van der Waals surface area (Å²) in [5.41, 5.74) is 6.89. The van der Waals surface area contributed by atoms with E-state index < -0.39 is 0 Å². The van der Waals surface area contributed by atoms with Crippen LogP contribution in [0.4, 0.5) is 0 Å². The zero-order valence-electron chi connectivity index (χ0n) is 9.61. The first-order valence-corrected chi connectivity index (χ1v) is 5.93. The molecule has 3 nitrogen and oxygen atoms in total. The minimum Gasteiger partial charge on any atom is -0.368 e. The molecule has 3 N–H and O–H groups in total. The van der Waals surface area contributed by atoms with Gasteiger partial charge in [0, 0.05) is 13.1 Å². The minimum atomic E-state index is -0.159. The third kappa shape index (κ3) is 2.82. The van der Waals surface area contributed by atoms with E-state index >= 15 is 0 Å². The Morgan fingerprint density at radius 3 is 2.75 bits per heavy atom. The zero-order valence-corrected chi connectivity index (χ0v) is 9.61. The lowest BCUT2D eigenvalue weighted by Gasteiger charge is -2.36. The third-order valence-corrected chi connectivity index (χ3v) is 3.19. The van der Waals surface area contributed by atoms with Crippen molar-refractivity contribution in [3.8, 4) is 0 Å². The summed E-state index contributed by atoms with van der Waals surface area (Å²) < 4.78 is 6.02. The highest BCUT2D eigenvalue weighted by atomic mass is 16.5. The fraction of sp³-hybridized carbons (Fsp3) is 0.538. The van der Waals surface area contributed by atoms with Gasteiger partial charge in [0.15, 0.2) is 0 Å². The maximum Gasteiger partial charge on any atom is 0.0932 e. The normalized spacial score (nSPS) is 25.6. The Kier molecular flexibility index (Phi) is 3.93. The molecule has 1 unspecified atom stereocenters. The van der Waals surface area contributed by atoms with Crippen molar-refractivity contribution in [2.75, 3.05) is 19.6 Å². The lowest BCUT2D eigenvalue weighted by Crippen LogP contribution is -2.52. The van der Waals surface area contributed by atoms with Gasteiger partial charge in [0.05, 0.1) is 12.2 Å². The SMILES string of the molecule is NCC1(OCc2ccccc2)CCCNC1. The van der Waals surface area contributed by atoms with Gasteiger partial charge in [-0.15, -0.1) is 0 Å². The Hall–Kier alpha value is -0.900. The molecule has 1 aliphatic rings. The topological polar surface area (TPSA) is 47.3 Å². The first kappa shape index (κ1) is 11.6. The van der Waals surface area contributed by atoms with Crippen LogP contribution in [-0.2, 0) is 11.3 Å². The van der Waals surface area contributed by atoms with Gasteiger partial charge in [-0.2, -0.15) is 0 Å². The summed E-state index contributed by atoms with van der Waals surface area (Å²) in [4.78, 5) is 0. The molecule has 2 rings (SSSR count). The van der Waals surface area contributed by atoms with Crippen LogP contribution in [0.15, 0.2) is 30.3 Å². The highest BCUT2D eigenvalue weighted by Gasteiger charge is 2.31. The summed E-state index contributed by atoms with van der Waals surface area (Å²) in [5.74, 6) is 0. The van der Waals surface area contributed by atoms with E-state index in [1.807, 2.05) is 18.2 Å². The summed E-state index contributed by atoms with van der Waals surface area (Å²) in [6, 6.07) is 10.3. The standard InChI is InChI=1S/C13H20N2O/c14-10-13(7-4-8-15-11-13)16-9-12-5-2-1-3-6-12/h1-3,5-6,15H,4,7-11,14H2. The van der Waals surface area contributed by atoms with Gasteiger partial charge >= 0.3 is 0 Å². The molecule has 1 aromatic rings. The molecule has 0 bridgehead atoms. The number of hydrogen-bond acceptors (Lipinski definition) is 3. The number of piperidine rings is 1. The highest BCUT2D eigenvalue weighted by Crippen LogP contribution is 2.21. The molecule has 1 saturated heterocycles. The van der Waals surface area contributed by atoms with Crippen molar-refractivity contribution < 1.29 is 4.74 Å². The van der Waals surface area contributed by atoms with Gasteiger partial charge in [-0.3, -0.25) is 0 Å². The molecule has 1 atom stereocenters. The Morgan fingerprint density at radius 1 is 1.31 bits per heavy atom. The molecule has 0 amide bonds. The Morgan fingerprint density at radius 2 is 2.12 bits per heavy atom. The molecule has 3 heteroatoms. The average molecular weight is 220 g/mol. The number of hydrogen-bond donors (Lipinski definition) is 2. The second kappa shape index (κ2) is 5.43. The summed E-state index contributed by atoms with van der Waals surface area (Å²) in [7, 11) is 0. The molecule has 1 aromatic carbocycles. The van der Waals surface area contributed by atoms with Gasteiger partial charge in [-0.25, -0.2) is 0 Å². The summed E-state index contributed by atoms with van der Waals surface area (Å²) >= 11 is 0. The van der Waals surface area contributed by atoms with E-state index in [1.54, 1.807) is 0 Å². The van der Waals surface area contributed by atoms with Crippen molar-refractivity contribution in [3.63, 3.8) is 0 Å². The van der Waals surface area contributed by atoms with E-state index in [-0.39, 0.29) is 5.60 Å². The number of nitrogens with one attached hydrogen (secondary N) is 1. The van der Waals surface area contributed by atoms with E-state index in [0.717, 1.165) is 25.9 Å². The smallest absolute Gasteiger partial charge is 0.0932 e. The fourth-order valence-electron chi connectivity index (χ4n) is 2.11. The second-order valence-electron chi connectivity index (χ2n) is 4.44. The molecule has 16 heavy (non-hydrogen) atoms. The van der Waals surface area contributed by atoms with Crippen LogP contribution in [0.5, 0.6) is 0 Å². The van der Waals surface area contributed by atoms with E-state index in [1.165, 1.54) is 5.56 Å². The van der Waals surface area contributed by atoms with Crippen molar-refractivity contribution in [1.82, 2.24) is 5.32 Å². The fourth-order valence-corrected chi connectivity index (χ4v) is 2.11. The molecule has 1 aliphatic heterocycles. The van der Waals surface area contributed by atoms with Crippen molar-refractivity contribution in [1.29, 1.82) is 0 Å². The molecule has 1 fully saturated rings. The number of ether oxygens (including phenoxy) is 1. The number of benzene rings is 1. The van der Waals surface area contributed by atoms with Gasteiger partial charge < -0.3 is 15.8 Å². The van der Waals surface area contributed by atoms with Crippen molar-refractivity contribution in [2.45, 2.75) is 25.0 Å². The van der Waals surface area contributed by atoms with Crippen LogP contribution in [0.1, 0.15) is 18.4 Å². The van der Waals surface area contributed by atoms with Crippen molar-refractivity contribution in [2.24, 2.45) is 5.73 Å². The van der Waals surface area contributed by atoms with Crippen molar-refractivity contribution in [3.05, 3.63) is 35.9 Å². The third-order valence-electron chi connectivity index (χ3n) is 3.19. The van der Waals surface area contributed by atoms with E-state index in [4.69, 9.17) is 10.5 Å². The molecule has 0 saturated carbocycles. The number of rotatable bonds is 4. The Bertz CT molecular complexity index is 307. The molecule has 0 radical (unpaired) electrons. The van der Waals surface area contributed by atoms with Gasteiger partial charge in [0.25, 0.3) is 0 Å². The second-order valence-corrected chi connectivity index (χ2v) is 4.44. The quantitative estimate of drug-likeness (QED) is 0.803. The van der Waals surface area contributed by atoms with Crippen LogP contribution in [0.25, 0.3) is 0 Å². The highest BCUT2D eigenvalue weighted by molar-refractivity contribution is 5.13. The van der Waals surface area contributed by atoms with Gasteiger partial charge in [0.1, 0.15) is 0 Å². The summed E-state index contributed by atoms with van der Waals surface area (Å²) in [5, 5.41) is 3.36. The molecular formula is C13H20N2O. The largest absolute Gasteiger partial charge is 0.368 e. The summed E-state index contributed by atoms with van der Waals surface area (Å²) in [6.07, 6.45) is 2.20. The van der Waals surface area contributed by atoms with Gasteiger partial charge in [0.2, 0.25) is 0 Å². The molecule has 1 heterocycles. The van der Waals surface area contributed by atoms with E-state index in [9.17, 15) is 0 Å². The minimum absolute atomic E-state index is 0.159. The van der Waals surface area contributed by atoms with Crippen LogP contribution < -0.4 is 11.1 Å². The van der Waals surface area contributed by atoms with Gasteiger partial charge in [-0.05, 0) is 24.9 Å². The predicted molar refractivity (Wildman–Crippen MR) is 65.1 cm³/mol. The molecular weight excluding hydrogens is 200 g/mol. The first-order chi connectivity index (χ1) is 7.85. The predicted octanol–water partition coefficient (Wildman–Crippen LogP) is 1.28. The van der Waals surface area contributed by atoms with Gasteiger partial charge in [-0.1, -0.05) is 30.3 Å². The average Bonchev–Trinajstić information content (AvgIpc) is 2.39. The monoisotopic (exact) mass is 220 g/mol. The van der Waals surface area contributed by atoms with E-state index in [2.05, 4.69) is 17.4 Å². The zero-order chi connectivity index (χ0) is 11.3. The number of nitrogens with two attached hydrogens (primary N) is 1. The van der Waals surface area contributed by atoms with Crippen LogP contribution in [-0.4, -0.2) is 25.2 Å².